The Morgan fingerprint density at radius 2 is 1.75 bits per heavy atom. The molecule has 5 aromatic heterocycles. The first-order valence-corrected chi connectivity index (χ1v) is 27.3. The quantitative estimate of drug-likeness (QED) is 0.0653. The summed E-state index contributed by atoms with van der Waals surface area (Å²) in [5.41, 5.74) is 2.25. The minimum Gasteiger partial charge on any atom is -0.491 e. The van der Waals surface area contributed by atoms with E-state index < -0.39 is 18.0 Å². The second-order valence-electron chi connectivity index (χ2n) is 21.2. The lowest BCUT2D eigenvalue weighted by Crippen LogP contribution is -2.38. The number of pyridine rings is 2. The molecule has 2 N–H and O–H groups in total. The highest BCUT2D eigenvalue weighted by atomic mass is 32.1. The number of nitrogens with one attached hydrogen (secondary N) is 1. The minimum atomic E-state index is -0.731. The summed E-state index contributed by atoms with van der Waals surface area (Å²) in [5.74, 6) is 0.611. The fraction of sp³-hybridized carbons (Fsp3) is 0.421. The molecule has 1 atom stereocenters. The average molecular weight is 1070 g/mol. The summed E-state index contributed by atoms with van der Waals surface area (Å²) >= 11 is 1.44. The summed E-state index contributed by atoms with van der Waals surface area (Å²) in [6, 6.07) is 15.0. The number of hydrogen-bond acceptors (Lipinski definition) is 14. The Kier molecular flexibility index (Phi) is 15.6. The second-order valence-corrected chi connectivity index (χ2v) is 22.1. The zero-order valence-electron chi connectivity index (χ0n) is 43.8. The molecule has 20 heteroatoms. The second kappa shape index (κ2) is 22.7. The normalized spacial score (nSPS) is 16.0. The number of aliphatic hydroxyl groups excluding tert-OH is 1. The minimum absolute atomic E-state index is 0.0161. The van der Waals surface area contributed by atoms with Gasteiger partial charge in [-0.15, -0.1) is 11.3 Å². The summed E-state index contributed by atoms with van der Waals surface area (Å²) in [5, 5.41) is 25.7. The number of ketones is 1. The lowest BCUT2D eigenvalue weighted by molar-refractivity contribution is -0.134. The van der Waals surface area contributed by atoms with E-state index in [1.54, 1.807) is 76.7 Å². The fourth-order valence-electron chi connectivity index (χ4n) is 10.7. The van der Waals surface area contributed by atoms with Crippen LogP contribution < -0.4 is 21.2 Å². The molecule has 2 aromatic carbocycles. The molecule has 0 spiro atoms. The van der Waals surface area contributed by atoms with Gasteiger partial charge in [0.25, 0.3) is 11.1 Å². The summed E-state index contributed by atoms with van der Waals surface area (Å²) in [6.07, 6.45) is 12.9. The van der Waals surface area contributed by atoms with Crippen molar-refractivity contribution in [2.75, 3.05) is 38.2 Å². The molecule has 402 valence electrons. The van der Waals surface area contributed by atoms with Crippen molar-refractivity contribution >= 4 is 51.2 Å². The first-order valence-electron chi connectivity index (χ1n) is 26.4. The summed E-state index contributed by atoms with van der Waals surface area (Å²) in [6.45, 7) is 7.82. The van der Waals surface area contributed by atoms with Crippen LogP contribution in [0.15, 0.2) is 88.2 Å². The smallest absolute Gasteiger partial charge is 0.283 e. The van der Waals surface area contributed by atoms with Gasteiger partial charge < -0.3 is 34.3 Å². The first-order chi connectivity index (χ1) is 37.1. The number of carbonyl (C=O) groups is 3. The maximum Gasteiger partial charge on any atom is 0.283 e. The highest BCUT2D eigenvalue weighted by molar-refractivity contribution is 7.10. The maximum absolute atomic E-state index is 15.5. The number of aryl methyl sites for hydroxylation is 1. The molecule has 10 rings (SSSR count). The van der Waals surface area contributed by atoms with Gasteiger partial charge in [-0.25, -0.2) is 14.4 Å². The number of thiazole rings is 1. The van der Waals surface area contributed by atoms with E-state index in [4.69, 9.17) is 14.5 Å². The Morgan fingerprint density at radius 1 is 0.922 bits per heavy atom. The van der Waals surface area contributed by atoms with E-state index in [-0.39, 0.29) is 83.3 Å². The molecule has 0 radical (unpaired) electrons. The van der Waals surface area contributed by atoms with E-state index in [1.165, 1.54) is 53.6 Å². The molecule has 0 bridgehead atoms. The molecule has 0 unspecified atom stereocenters. The summed E-state index contributed by atoms with van der Waals surface area (Å²) in [7, 11) is 1.59. The van der Waals surface area contributed by atoms with Crippen LogP contribution in [0.2, 0.25) is 0 Å². The molecule has 18 nitrogen and oxygen atoms in total. The topological polar surface area (TPSA) is 209 Å². The van der Waals surface area contributed by atoms with Crippen molar-refractivity contribution in [1.29, 1.82) is 0 Å². The van der Waals surface area contributed by atoms with Gasteiger partial charge in [-0.3, -0.25) is 28.7 Å². The van der Waals surface area contributed by atoms with E-state index in [1.807, 2.05) is 25.7 Å². The van der Waals surface area contributed by atoms with Gasteiger partial charge >= 0.3 is 0 Å². The lowest BCUT2D eigenvalue weighted by Gasteiger charge is -2.27. The Balaban J connectivity index is 0.712. The predicted molar refractivity (Wildman–Crippen MR) is 289 cm³/mol. The van der Waals surface area contributed by atoms with Crippen LogP contribution >= 0.6 is 11.3 Å². The van der Waals surface area contributed by atoms with Crippen molar-refractivity contribution < 1.29 is 33.4 Å². The van der Waals surface area contributed by atoms with Crippen LogP contribution in [0.3, 0.4) is 0 Å². The first kappa shape index (κ1) is 53.0. The third-order valence-electron chi connectivity index (χ3n) is 14.9. The number of fused-ring (bicyclic) bond motifs is 2. The van der Waals surface area contributed by atoms with Crippen LogP contribution in [0.4, 0.5) is 15.9 Å². The Bertz CT molecular complexity index is 3480. The van der Waals surface area contributed by atoms with Crippen LogP contribution in [-0.4, -0.2) is 99.5 Å². The van der Waals surface area contributed by atoms with E-state index in [2.05, 4.69) is 20.5 Å². The molecule has 3 aliphatic rings. The van der Waals surface area contributed by atoms with Crippen LogP contribution in [0, 0.1) is 11.7 Å². The number of amides is 2. The van der Waals surface area contributed by atoms with Gasteiger partial charge in [0.15, 0.2) is 11.6 Å². The van der Waals surface area contributed by atoms with Crippen molar-refractivity contribution in [1.82, 2.24) is 43.9 Å². The van der Waals surface area contributed by atoms with Crippen LogP contribution in [0.1, 0.15) is 122 Å². The molecule has 2 fully saturated rings. The molecule has 2 amide bonds. The van der Waals surface area contributed by atoms with Gasteiger partial charge in [-0.1, -0.05) is 52.2 Å². The number of benzene rings is 2. The van der Waals surface area contributed by atoms with Crippen LogP contribution in [0.5, 0.6) is 5.75 Å². The van der Waals surface area contributed by atoms with Crippen LogP contribution in [-0.2, 0) is 46.5 Å². The number of rotatable bonds is 17. The lowest BCUT2D eigenvalue weighted by atomic mass is 9.86. The number of aromatic nitrogens is 7. The van der Waals surface area contributed by atoms with Crippen molar-refractivity contribution in [3.8, 4) is 22.7 Å². The van der Waals surface area contributed by atoms with Crippen molar-refractivity contribution in [2.45, 2.75) is 110 Å². The Labute approximate surface area is 448 Å². The average Bonchev–Trinajstić information content (AvgIpc) is 4.21. The Morgan fingerprint density at radius 3 is 2.56 bits per heavy atom. The largest absolute Gasteiger partial charge is 0.491 e. The zero-order chi connectivity index (χ0) is 54.0. The molecular formula is C57H63FN10O8S. The van der Waals surface area contributed by atoms with Gasteiger partial charge in [0, 0.05) is 72.5 Å². The van der Waals surface area contributed by atoms with Gasteiger partial charge in [0.1, 0.15) is 34.6 Å². The molecule has 2 aliphatic heterocycles. The van der Waals surface area contributed by atoms with E-state index >= 15 is 4.39 Å². The predicted octanol–water partition coefficient (Wildman–Crippen LogP) is 8.16. The number of anilines is 2. The van der Waals surface area contributed by atoms with Crippen molar-refractivity contribution in [2.24, 2.45) is 13.0 Å². The fourth-order valence-corrected chi connectivity index (χ4v) is 11.6. The highest BCUT2D eigenvalue weighted by Gasteiger charge is 2.34. The zero-order valence-corrected chi connectivity index (χ0v) is 44.6. The van der Waals surface area contributed by atoms with Crippen LogP contribution in [0.25, 0.3) is 27.7 Å². The number of ether oxygens (including phenoxy) is 2. The van der Waals surface area contributed by atoms with Gasteiger partial charge in [-0.05, 0) is 84.5 Å². The maximum atomic E-state index is 15.5. The SMILES string of the molecule is Cn1cc(-c2ccnc(-n3ncc4cc(C(C)(C)C)cc(F)c4c3=O)c2CO)cc(Nc2cc3n(n2)CCN(C(=O)CCOCCOc2cccc(C(=O)c4csc([C@@H]5CCCN5C(=O)CC5CCCCC5)n4)c2)C3)c1=O. The number of hydrogen-bond donors (Lipinski definition) is 2. The monoisotopic (exact) mass is 1070 g/mol. The number of nitrogens with zero attached hydrogens (tertiary/aromatic N) is 9. The summed E-state index contributed by atoms with van der Waals surface area (Å²) < 4.78 is 31.4. The highest BCUT2D eigenvalue weighted by Crippen LogP contribution is 2.37. The van der Waals surface area contributed by atoms with Crippen molar-refractivity contribution in [3.05, 3.63) is 138 Å². The molecular weight excluding hydrogens is 1000 g/mol. The summed E-state index contributed by atoms with van der Waals surface area (Å²) in [4.78, 5) is 80.4. The van der Waals surface area contributed by atoms with Gasteiger partial charge in [0.2, 0.25) is 17.6 Å². The molecule has 1 saturated carbocycles. The number of aliphatic hydroxyl groups is 1. The van der Waals surface area contributed by atoms with Crippen molar-refractivity contribution in [3.63, 3.8) is 0 Å². The standard InChI is InChI=1S/C57H63FN10O8S/c1-57(2,3)39-25-37-30-60-68(56(74)51(37)44(58)28-39)53-43(33-69)42(15-17-59-53)38-27-45(55(73)64(4)31-38)61-48-29-40-32-65(19-20-67(40)63-48)49(70)16-21-75-22-23-76-41-13-8-12-36(26-41)52(72)46-34-77-54(62-46)47-14-9-18-66(47)50(71)24-35-10-6-5-7-11-35/h8,12-13,15,17,25-31,34-35,47,69H,5-7,9-11,14,16,18-24,32-33H2,1-4H3,(H,61,63)/t47-/m0/s1. The van der Waals surface area contributed by atoms with Gasteiger partial charge in [-0.2, -0.15) is 14.9 Å². The molecule has 7 heterocycles. The molecule has 1 saturated heterocycles. The number of likely N-dealkylation sites (tertiary alicyclic amines) is 1. The van der Waals surface area contributed by atoms with E-state index in [0.29, 0.717) is 76.9 Å². The third-order valence-corrected chi connectivity index (χ3v) is 15.8. The third kappa shape index (κ3) is 11.5. The number of carbonyl (C=O) groups excluding carboxylic acids is 3. The molecule has 7 aromatic rings. The van der Waals surface area contributed by atoms with Gasteiger partial charge in [0.05, 0.1) is 62.6 Å². The molecule has 77 heavy (non-hydrogen) atoms. The number of halogens is 1. The van der Waals surface area contributed by atoms with E-state index in [9.17, 15) is 29.1 Å². The van der Waals surface area contributed by atoms with E-state index in [0.717, 1.165) is 47.6 Å². The Hall–Kier alpha value is -7.42. The molecule has 1 aliphatic carbocycles.